The van der Waals surface area contributed by atoms with E-state index in [1.807, 2.05) is 5.01 Å². The molecule has 1 fully saturated rings. The maximum atomic E-state index is 12.4. The number of piperazine rings is 1. The normalized spacial score (nSPS) is 18.2. The van der Waals surface area contributed by atoms with Gasteiger partial charge in [-0.3, -0.25) is 5.01 Å². The molecule has 3 nitrogen and oxygen atoms in total. The van der Waals surface area contributed by atoms with Gasteiger partial charge in [0.25, 0.3) is 0 Å². The molecule has 1 N–H and O–H groups in total. The minimum atomic E-state index is -4.28. The topological polar surface area (TPSA) is 20.0 Å². The summed E-state index contributed by atoms with van der Waals surface area (Å²) in [6.07, 6.45) is -2.67. The number of hydrogen-bond donors (Lipinski definition) is 1. The second-order valence-corrected chi connectivity index (χ2v) is 4.78. The van der Waals surface area contributed by atoms with Crippen LogP contribution in [-0.4, -0.2) is 44.5 Å². The minimum Gasteiger partial charge on any atom is -0.334 e. The summed E-state index contributed by atoms with van der Waals surface area (Å²) >= 11 is 0. The van der Waals surface area contributed by atoms with Crippen LogP contribution < -0.4 is 4.90 Å². The first-order valence-electron chi connectivity index (χ1n) is 6.22. The van der Waals surface area contributed by atoms with Gasteiger partial charge in [0.05, 0.1) is 45.0 Å². The van der Waals surface area contributed by atoms with Crippen molar-refractivity contribution in [2.24, 2.45) is 5.10 Å². The van der Waals surface area contributed by atoms with Crippen LogP contribution in [0.15, 0.2) is 29.4 Å². The molecule has 19 heavy (non-hydrogen) atoms. The second kappa shape index (κ2) is 5.61. The standard InChI is InChI=1S/C13H16F3N3/c1-18-6-8-19(9-7-18)17-10-11-2-4-12(5-3-11)13(14,15)16/h2-5,10H,6-9H2,1H3/p+1/b17-10-. The van der Waals surface area contributed by atoms with Crippen LogP contribution in [0.4, 0.5) is 13.2 Å². The Kier molecular flexibility index (Phi) is 4.09. The molecule has 0 aliphatic carbocycles. The molecule has 1 aromatic carbocycles. The van der Waals surface area contributed by atoms with Crippen LogP contribution in [0, 0.1) is 0 Å². The first-order valence-corrected chi connectivity index (χ1v) is 6.22. The molecule has 1 saturated heterocycles. The molecular weight excluding hydrogens is 255 g/mol. The zero-order valence-electron chi connectivity index (χ0n) is 10.7. The summed E-state index contributed by atoms with van der Waals surface area (Å²) in [5, 5.41) is 6.24. The zero-order chi connectivity index (χ0) is 13.9. The van der Waals surface area contributed by atoms with Crippen molar-refractivity contribution >= 4 is 6.21 Å². The summed E-state index contributed by atoms with van der Waals surface area (Å²) in [6, 6.07) is 5.03. The molecule has 104 valence electrons. The lowest BCUT2D eigenvalue weighted by molar-refractivity contribution is -0.884. The highest BCUT2D eigenvalue weighted by Gasteiger charge is 2.29. The first-order chi connectivity index (χ1) is 8.95. The molecule has 1 heterocycles. The van der Waals surface area contributed by atoms with Crippen LogP contribution >= 0.6 is 0 Å². The summed E-state index contributed by atoms with van der Waals surface area (Å²) in [7, 11) is 2.14. The Morgan fingerprint density at radius 3 is 2.26 bits per heavy atom. The molecule has 1 aromatic rings. The van der Waals surface area contributed by atoms with E-state index in [9.17, 15) is 13.2 Å². The number of hydrazone groups is 1. The Hall–Kier alpha value is -1.56. The summed E-state index contributed by atoms with van der Waals surface area (Å²) in [5.74, 6) is 0. The van der Waals surface area contributed by atoms with Crippen LogP contribution in [0.5, 0.6) is 0 Å². The van der Waals surface area contributed by atoms with Crippen LogP contribution in [-0.2, 0) is 6.18 Å². The summed E-state index contributed by atoms with van der Waals surface area (Å²) in [5.41, 5.74) is 0.0483. The number of rotatable bonds is 2. The fourth-order valence-electron chi connectivity index (χ4n) is 1.90. The number of nitrogens with one attached hydrogen (secondary N) is 1. The Morgan fingerprint density at radius 2 is 1.74 bits per heavy atom. The fourth-order valence-corrected chi connectivity index (χ4v) is 1.90. The highest BCUT2D eigenvalue weighted by molar-refractivity contribution is 5.79. The Morgan fingerprint density at radius 1 is 1.16 bits per heavy atom. The first kappa shape index (κ1) is 13.9. The number of halogens is 3. The Labute approximate surface area is 110 Å². The smallest absolute Gasteiger partial charge is 0.334 e. The van der Waals surface area contributed by atoms with Crippen molar-refractivity contribution in [2.75, 3.05) is 33.2 Å². The van der Waals surface area contributed by atoms with Gasteiger partial charge in [-0.25, -0.2) is 0 Å². The third kappa shape index (κ3) is 3.96. The number of benzene rings is 1. The average molecular weight is 272 g/mol. The van der Waals surface area contributed by atoms with Gasteiger partial charge in [0, 0.05) is 0 Å². The van der Waals surface area contributed by atoms with E-state index in [1.54, 1.807) is 6.21 Å². The number of nitrogens with zero attached hydrogens (tertiary/aromatic N) is 2. The molecule has 0 amide bonds. The third-order valence-corrected chi connectivity index (χ3v) is 3.20. The quantitative estimate of drug-likeness (QED) is 0.792. The van der Waals surface area contributed by atoms with Gasteiger partial charge in [-0.1, -0.05) is 12.1 Å². The van der Waals surface area contributed by atoms with Gasteiger partial charge in [-0.05, 0) is 17.7 Å². The minimum absolute atomic E-state index is 0.632. The largest absolute Gasteiger partial charge is 0.416 e. The van der Waals surface area contributed by atoms with E-state index >= 15 is 0 Å². The van der Waals surface area contributed by atoms with Crippen molar-refractivity contribution in [1.29, 1.82) is 0 Å². The molecule has 0 saturated carbocycles. The molecular formula is C13H17F3N3+. The lowest BCUT2D eigenvalue weighted by Crippen LogP contribution is -3.11. The Bertz CT molecular complexity index is 431. The second-order valence-electron chi connectivity index (χ2n) is 4.78. The predicted octanol–water partition coefficient (Wildman–Crippen LogP) is 0.870. The molecule has 0 radical (unpaired) electrons. The van der Waals surface area contributed by atoms with Gasteiger partial charge in [-0.2, -0.15) is 18.3 Å². The molecule has 6 heteroatoms. The van der Waals surface area contributed by atoms with Crippen molar-refractivity contribution < 1.29 is 18.1 Å². The maximum absolute atomic E-state index is 12.4. The number of likely N-dealkylation sites (N-methyl/N-ethyl adjacent to an activating group) is 1. The van der Waals surface area contributed by atoms with E-state index in [1.165, 1.54) is 17.0 Å². The van der Waals surface area contributed by atoms with Gasteiger partial charge >= 0.3 is 6.18 Å². The van der Waals surface area contributed by atoms with Gasteiger partial charge in [0.1, 0.15) is 0 Å². The van der Waals surface area contributed by atoms with E-state index in [-0.39, 0.29) is 0 Å². The van der Waals surface area contributed by atoms with Crippen molar-refractivity contribution in [2.45, 2.75) is 6.18 Å². The zero-order valence-corrected chi connectivity index (χ0v) is 10.7. The highest BCUT2D eigenvalue weighted by Crippen LogP contribution is 2.28. The molecule has 0 unspecified atom stereocenters. The highest BCUT2D eigenvalue weighted by atomic mass is 19.4. The van der Waals surface area contributed by atoms with E-state index in [0.29, 0.717) is 5.56 Å². The monoisotopic (exact) mass is 272 g/mol. The molecule has 0 atom stereocenters. The lowest BCUT2D eigenvalue weighted by Gasteiger charge is -2.27. The molecule has 1 aliphatic rings. The van der Waals surface area contributed by atoms with Crippen molar-refractivity contribution in [3.05, 3.63) is 35.4 Å². The van der Waals surface area contributed by atoms with E-state index < -0.39 is 11.7 Å². The SMILES string of the molecule is C[NH+]1CCN(/N=C\c2ccc(C(F)(F)F)cc2)CC1. The van der Waals surface area contributed by atoms with Gasteiger partial charge in [0.15, 0.2) is 0 Å². The summed E-state index contributed by atoms with van der Waals surface area (Å²) in [6.45, 7) is 3.82. The summed E-state index contributed by atoms with van der Waals surface area (Å²) in [4.78, 5) is 1.47. The predicted molar refractivity (Wildman–Crippen MR) is 67.2 cm³/mol. The van der Waals surface area contributed by atoms with Crippen molar-refractivity contribution in [3.63, 3.8) is 0 Å². The van der Waals surface area contributed by atoms with Crippen LogP contribution in [0.2, 0.25) is 0 Å². The Balaban J connectivity index is 1.96. The van der Waals surface area contributed by atoms with E-state index in [2.05, 4.69) is 12.1 Å². The molecule has 0 bridgehead atoms. The van der Waals surface area contributed by atoms with Gasteiger partial charge in [-0.15, -0.1) is 0 Å². The molecule has 0 aromatic heterocycles. The van der Waals surface area contributed by atoms with E-state index in [0.717, 1.165) is 38.3 Å². The fraction of sp³-hybridized carbons (Fsp3) is 0.462. The number of alkyl halides is 3. The average Bonchev–Trinajstić information content (AvgIpc) is 2.37. The summed E-state index contributed by atoms with van der Waals surface area (Å²) < 4.78 is 37.2. The third-order valence-electron chi connectivity index (χ3n) is 3.20. The van der Waals surface area contributed by atoms with Gasteiger partial charge in [0.2, 0.25) is 0 Å². The van der Waals surface area contributed by atoms with Gasteiger partial charge < -0.3 is 4.90 Å². The lowest BCUT2D eigenvalue weighted by atomic mass is 10.1. The number of hydrogen-bond acceptors (Lipinski definition) is 2. The molecule has 0 spiro atoms. The van der Waals surface area contributed by atoms with Crippen LogP contribution in [0.3, 0.4) is 0 Å². The van der Waals surface area contributed by atoms with Crippen LogP contribution in [0.25, 0.3) is 0 Å². The molecule has 2 rings (SSSR count). The van der Waals surface area contributed by atoms with E-state index in [4.69, 9.17) is 0 Å². The number of quaternary nitrogens is 1. The van der Waals surface area contributed by atoms with Crippen molar-refractivity contribution in [1.82, 2.24) is 5.01 Å². The van der Waals surface area contributed by atoms with Crippen LogP contribution in [0.1, 0.15) is 11.1 Å². The van der Waals surface area contributed by atoms with Crippen molar-refractivity contribution in [3.8, 4) is 0 Å². The maximum Gasteiger partial charge on any atom is 0.416 e. The molecule has 1 aliphatic heterocycles.